The maximum atomic E-state index is 3.48. The third-order valence-corrected chi connectivity index (χ3v) is 5.30. The van der Waals surface area contributed by atoms with Crippen LogP contribution in [0.1, 0.15) is 44.1 Å². The van der Waals surface area contributed by atoms with Gasteiger partial charge in [-0.15, -0.1) is 12.4 Å². The van der Waals surface area contributed by atoms with Gasteiger partial charge in [0.25, 0.3) is 0 Å². The Kier molecular flexibility index (Phi) is 7.71. The fraction of sp³-hybridized carbons (Fsp3) is 0.684. The lowest BCUT2D eigenvalue weighted by Gasteiger charge is -2.31. The third-order valence-electron chi connectivity index (χ3n) is 5.30. The minimum Gasteiger partial charge on any atom is -0.317 e. The molecule has 1 aromatic rings. The molecule has 1 aromatic carbocycles. The molecule has 2 saturated heterocycles. The molecule has 3 rings (SSSR count). The molecule has 124 valence electrons. The summed E-state index contributed by atoms with van der Waals surface area (Å²) in [5.74, 6) is 0.945. The highest BCUT2D eigenvalue weighted by molar-refractivity contribution is 5.85. The molecule has 0 saturated carbocycles. The number of rotatable bonds is 6. The SMILES string of the molecule is Cl.c1ccc(CCCC2CCCN2CC2CCNCC2)cc1. The van der Waals surface area contributed by atoms with E-state index in [1.165, 1.54) is 76.7 Å². The first kappa shape index (κ1) is 17.8. The molecule has 2 heterocycles. The highest BCUT2D eigenvalue weighted by atomic mass is 35.5. The molecule has 1 N–H and O–H groups in total. The van der Waals surface area contributed by atoms with Gasteiger partial charge in [-0.25, -0.2) is 0 Å². The molecule has 1 atom stereocenters. The smallest absolute Gasteiger partial charge is 0.00959 e. The summed E-state index contributed by atoms with van der Waals surface area (Å²) >= 11 is 0. The zero-order chi connectivity index (χ0) is 14.3. The van der Waals surface area contributed by atoms with Gasteiger partial charge in [-0.1, -0.05) is 30.3 Å². The lowest BCUT2D eigenvalue weighted by Crippen LogP contribution is -2.38. The van der Waals surface area contributed by atoms with Crippen molar-refractivity contribution in [1.29, 1.82) is 0 Å². The van der Waals surface area contributed by atoms with Crippen molar-refractivity contribution >= 4 is 12.4 Å². The Morgan fingerprint density at radius 2 is 1.82 bits per heavy atom. The average molecular weight is 323 g/mol. The van der Waals surface area contributed by atoms with E-state index in [0.29, 0.717) is 0 Å². The first-order chi connectivity index (χ1) is 10.4. The lowest BCUT2D eigenvalue weighted by molar-refractivity contribution is 0.184. The molecule has 0 radical (unpaired) electrons. The quantitative estimate of drug-likeness (QED) is 0.854. The molecule has 0 bridgehead atoms. The summed E-state index contributed by atoms with van der Waals surface area (Å²) in [6, 6.07) is 11.8. The normalized spacial score (nSPS) is 23.4. The molecule has 3 heteroatoms. The van der Waals surface area contributed by atoms with Gasteiger partial charge in [0.15, 0.2) is 0 Å². The van der Waals surface area contributed by atoms with Crippen LogP contribution in [0.15, 0.2) is 30.3 Å². The minimum absolute atomic E-state index is 0. The Bertz CT molecular complexity index is 403. The number of aryl methyl sites for hydroxylation is 1. The van der Waals surface area contributed by atoms with E-state index < -0.39 is 0 Å². The first-order valence-electron chi connectivity index (χ1n) is 8.90. The van der Waals surface area contributed by atoms with Crippen LogP contribution in [0.3, 0.4) is 0 Å². The van der Waals surface area contributed by atoms with Crippen LogP contribution in [-0.4, -0.2) is 37.1 Å². The molecule has 2 fully saturated rings. The highest BCUT2D eigenvalue weighted by Gasteiger charge is 2.26. The van der Waals surface area contributed by atoms with Crippen LogP contribution in [0.5, 0.6) is 0 Å². The molecular formula is C19H31ClN2. The van der Waals surface area contributed by atoms with Gasteiger partial charge in [0.2, 0.25) is 0 Å². The van der Waals surface area contributed by atoms with Crippen LogP contribution in [0.2, 0.25) is 0 Å². The van der Waals surface area contributed by atoms with Crippen LogP contribution in [0.25, 0.3) is 0 Å². The zero-order valence-corrected chi connectivity index (χ0v) is 14.5. The number of nitrogens with one attached hydrogen (secondary N) is 1. The van der Waals surface area contributed by atoms with Gasteiger partial charge in [-0.2, -0.15) is 0 Å². The van der Waals surface area contributed by atoms with E-state index in [0.717, 1.165) is 12.0 Å². The molecule has 0 spiro atoms. The van der Waals surface area contributed by atoms with Gasteiger partial charge in [-0.3, -0.25) is 0 Å². The fourth-order valence-corrected chi connectivity index (χ4v) is 4.04. The Morgan fingerprint density at radius 1 is 1.05 bits per heavy atom. The summed E-state index contributed by atoms with van der Waals surface area (Å²) in [7, 11) is 0. The van der Waals surface area contributed by atoms with Crippen LogP contribution in [0.4, 0.5) is 0 Å². The molecule has 0 aromatic heterocycles. The molecule has 0 amide bonds. The van der Waals surface area contributed by atoms with Gasteiger partial charge in [-0.05, 0) is 76.1 Å². The van der Waals surface area contributed by atoms with Crippen molar-refractivity contribution in [2.45, 2.75) is 51.0 Å². The van der Waals surface area contributed by atoms with E-state index in [-0.39, 0.29) is 12.4 Å². The van der Waals surface area contributed by atoms with E-state index in [1.807, 2.05) is 0 Å². The van der Waals surface area contributed by atoms with Crippen LogP contribution < -0.4 is 5.32 Å². The summed E-state index contributed by atoms with van der Waals surface area (Å²) in [5, 5.41) is 3.48. The second kappa shape index (κ2) is 9.54. The number of benzene rings is 1. The van der Waals surface area contributed by atoms with E-state index in [9.17, 15) is 0 Å². The predicted molar refractivity (Wildman–Crippen MR) is 96.8 cm³/mol. The Morgan fingerprint density at radius 3 is 2.59 bits per heavy atom. The fourth-order valence-electron chi connectivity index (χ4n) is 4.04. The maximum Gasteiger partial charge on any atom is 0.00959 e. The summed E-state index contributed by atoms with van der Waals surface area (Å²) in [6.45, 7) is 5.17. The molecular weight excluding hydrogens is 292 g/mol. The van der Waals surface area contributed by atoms with Gasteiger partial charge in [0, 0.05) is 12.6 Å². The highest BCUT2D eigenvalue weighted by Crippen LogP contribution is 2.25. The van der Waals surface area contributed by atoms with Crippen molar-refractivity contribution in [2.24, 2.45) is 5.92 Å². The summed E-state index contributed by atoms with van der Waals surface area (Å²) < 4.78 is 0. The van der Waals surface area contributed by atoms with Crippen molar-refractivity contribution in [3.05, 3.63) is 35.9 Å². The van der Waals surface area contributed by atoms with E-state index in [4.69, 9.17) is 0 Å². The topological polar surface area (TPSA) is 15.3 Å². The molecule has 2 aliphatic heterocycles. The van der Waals surface area contributed by atoms with Crippen molar-refractivity contribution < 1.29 is 0 Å². The number of halogens is 1. The molecule has 2 aliphatic rings. The first-order valence-corrected chi connectivity index (χ1v) is 8.90. The minimum atomic E-state index is 0. The van der Waals surface area contributed by atoms with Crippen molar-refractivity contribution in [2.75, 3.05) is 26.2 Å². The van der Waals surface area contributed by atoms with Crippen LogP contribution in [-0.2, 0) is 6.42 Å². The largest absolute Gasteiger partial charge is 0.317 e. The molecule has 1 unspecified atom stereocenters. The molecule has 2 nitrogen and oxygen atoms in total. The van der Waals surface area contributed by atoms with Crippen molar-refractivity contribution in [1.82, 2.24) is 10.2 Å². The van der Waals surface area contributed by atoms with Gasteiger partial charge < -0.3 is 10.2 Å². The van der Waals surface area contributed by atoms with Gasteiger partial charge >= 0.3 is 0 Å². The number of nitrogens with zero attached hydrogens (tertiary/aromatic N) is 1. The van der Waals surface area contributed by atoms with Crippen molar-refractivity contribution in [3.8, 4) is 0 Å². The number of likely N-dealkylation sites (tertiary alicyclic amines) is 1. The van der Waals surface area contributed by atoms with Gasteiger partial charge in [0.05, 0.1) is 0 Å². The van der Waals surface area contributed by atoms with Crippen LogP contribution in [0, 0.1) is 5.92 Å². The van der Waals surface area contributed by atoms with E-state index >= 15 is 0 Å². The maximum absolute atomic E-state index is 3.48. The standard InChI is InChI=1S/C19H30N2.ClH/c1-2-6-17(7-3-1)8-4-9-19-10-5-15-21(19)16-18-11-13-20-14-12-18;/h1-3,6-7,18-20H,4-5,8-16H2;1H. The second-order valence-corrected chi connectivity index (χ2v) is 6.86. The monoisotopic (exact) mass is 322 g/mol. The Labute approximate surface area is 142 Å². The van der Waals surface area contributed by atoms with Crippen LogP contribution >= 0.6 is 12.4 Å². The molecule has 22 heavy (non-hydrogen) atoms. The number of hydrogen-bond donors (Lipinski definition) is 1. The Hall–Kier alpha value is -0.570. The van der Waals surface area contributed by atoms with E-state index in [1.54, 1.807) is 0 Å². The summed E-state index contributed by atoms with van der Waals surface area (Å²) in [4.78, 5) is 2.81. The number of hydrogen-bond acceptors (Lipinski definition) is 2. The molecule has 0 aliphatic carbocycles. The zero-order valence-electron chi connectivity index (χ0n) is 13.7. The Balaban J connectivity index is 0.00000176. The summed E-state index contributed by atoms with van der Waals surface area (Å²) in [6.07, 6.45) is 9.59. The van der Waals surface area contributed by atoms with E-state index in [2.05, 4.69) is 40.5 Å². The van der Waals surface area contributed by atoms with Crippen molar-refractivity contribution in [3.63, 3.8) is 0 Å². The van der Waals surface area contributed by atoms with Gasteiger partial charge in [0.1, 0.15) is 0 Å². The lowest BCUT2D eigenvalue weighted by atomic mass is 9.96. The third kappa shape index (κ3) is 5.26. The number of piperidine rings is 1. The average Bonchev–Trinajstić information content (AvgIpc) is 2.97. The second-order valence-electron chi connectivity index (χ2n) is 6.86. The summed E-state index contributed by atoms with van der Waals surface area (Å²) in [5.41, 5.74) is 1.50. The predicted octanol–water partition coefficient (Wildman–Crippen LogP) is 3.90.